The van der Waals surface area contributed by atoms with Gasteiger partial charge in [-0.05, 0) is 59.4 Å². The normalized spacial score (nSPS) is 18.9. The average molecular weight is 341 g/mol. The Morgan fingerprint density at radius 3 is 2.36 bits per heavy atom. The van der Waals surface area contributed by atoms with Gasteiger partial charge >= 0.3 is 7.12 Å². The molecule has 0 radical (unpaired) electrons. The summed E-state index contributed by atoms with van der Waals surface area (Å²) in [6.45, 7) is 10.1. The topological polar surface area (TPSA) is 46.6 Å². The van der Waals surface area contributed by atoms with Gasteiger partial charge in [0.05, 0.1) is 16.7 Å². The lowest BCUT2D eigenvalue weighted by Crippen LogP contribution is -2.41. The van der Waals surface area contributed by atoms with Gasteiger partial charge in [0.25, 0.3) is 0 Å². The minimum atomic E-state index is -0.396. The van der Waals surface area contributed by atoms with Crippen molar-refractivity contribution in [3.63, 3.8) is 0 Å². The van der Waals surface area contributed by atoms with Crippen LogP contribution in [0.25, 0.3) is 10.9 Å². The molecule has 0 amide bonds. The van der Waals surface area contributed by atoms with E-state index < -0.39 is 7.12 Å². The van der Waals surface area contributed by atoms with Crippen LogP contribution in [0, 0.1) is 0 Å². The number of hydrogen-bond donors (Lipinski definition) is 1. The summed E-state index contributed by atoms with van der Waals surface area (Å²) >= 11 is 0. The first kappa shape index (κ1) is 18.2. The number of para-hydroxylation sites is 1. The molecule has 1 aromatic carbocycles. The van der Waals surface area contributed by atoms with Crippen LogP contribution in [0.1, 0.15) is 27.7 Å². The molecule has 2 aromatic rings. The van der Waals surface area contributed by atoms with E-state index in [0.717, 1.165) is 35.3 Å². The Hall–Kier alpha value is -1.63. The van der Waals surface area contributed by atoms with Crippen molar-refractivity contribution >= 4 is 29.3 Å². The highest BCUT2D eigenvalue weighted by Crippen LogP contribution is 2.37. The first-order valence-electron chi connectivity index (χ1n) is 8.83. The van der Waals surface area contributed by atoms with Crippen LogP contribution >= 0.6 is 0 Å². The molecule has 2 heterocycles. The number of hydrogen-bond acceptors (Lipinski definition) is 5. The SMILES string of the molecule is CN(C)CCNc1cc(B2OC(C)(C)C(C)(C)O2)c2ccccc2n1. The third-order valence-electron chi connectivity index (χ3n) is 5.12. The lowest BCUT2D eigenvalue weighted by molar-refractivity contribution is 0.00578. The Balaban J connectivity index is 1.96. The van der Waals surface area contributed by atoms with Crippen LogP contribution < -0.4 is 10.8 Å². The van der Waals surface area contributed by atoms with Gasteiger partial charge in [-0.15, -0.1) is 0 Å². The van der Waals surface area contributed by atoms with Gasteiger partial charge in [-0.25, -0.2) is 4.98 Å². The van der Waals surface area contributed by atoms with Gasteiger partial charge < -0.3 is 19.5 Å². The molecule has 1 aromatic heterocycles. The molecular weight excluding hydrogens is 313 g/mol. The van der Waals surface area contributed by atoms with Crippen molar-refractivity contribution in [1.29, 1.82) is 0 Å². The van der Waals surface area contributed by atoms with E-state index in [1.807, 2.05) is 18.2 Å². The van der Waals surface area contributed by atoms with E-state index in [-0.39, 0.29) is 11.2 Å². The lowest BCUT2D eigenvalue weighted by Gasteiger charge is -2.32. The highest BCUT2D eigenvalue weighted by atomic mass is 16.7. The molecule has 1 N–H and O–H groups in total. The Morgan fingerprint density at radius 1 is 1.08 bits per heavy atom. The van der Waals surface area contributed by atoms with Gasteiger partial charge in [0.15, 0.2) is 0 Å². The molecule has 134 valence electrons. The number of aromatic nitrogens is 1. The Morgan fingerprint density at radius 2 is 1.72 bits per heavy atom. The van der Waals surface area contributed by atoms with Gasteiger partial charge in [-0.1, -0.05) is 18.2 Å². The molecular formula is C19H28BN3O2. The van der Waals surface area contributed by atoms with Crippen molar-refractivity contribution < 1.29 is 9.31 Å². The number of anilines is 1. The summed E-state index contributed by atoms with van der Waals surface area (Å²) in [5.74, 6) is 0.852. The lowest BCUT2D eigenvalue weighted by atomic mass is 9.77. The predicted octanol–water partition coefficient (Wildman–Crippen LogP) is 2.51. The number of fused-ring (bicyclic) bond motifs is 1. The summed E-state index contributed by atoms with van der Waals surface area (Å²) in [6.07, 6.45) is 0. The maximum atomic E-state index is 6.27. The number of nitrogens with zero attached hydrogens (tertiary/aromatic N) is 2. The van der Waals surface area contributed by atoms with E-state index in [2.05, 4.69) is 64.1 Å². The highest BCUT2D eigenvalue weighted by Gasteiger charge is 2.52. The maximum absolute atomic E-state index is 6.27. The Kier molecular flexibility index (Phi) is 4.79. The largest absolute Gasteiger partial charge is 0.495 e. The second-order valence-electron chi connectivity index (χ2n) is 7.93. The standard InChI is InChI=1S/C19H28BN3O2/c1-18(2)19(3,4)25-20(24-18)15-13-17(21-11-12-23(5)6)22-16-10-8-7-9-14(15)16/h7-10,13H,11-12H2,1-6H3,(H,21,22). The molecule has 1 aliphatic heterocycles. The fourth-order valence-corrected chi connectivity index (χ4v) is 2.87. The molecule has 25 heavy (non-hydrogen) atoms. The van der Waals surface area contributed by atoms with Crippen LogP contribution in [0.3, 0.4) is 0 Å². The molecule has 0 saturated carbocycles. The summed E-state index contributed by atoms with van der Waals surface area (Å²) in [4.78, 5) is 6.88. The summed E-state index contributed by atoms with van der Waals surface area (Å²) in [5, 5.41) is 4.48. The summed E-state index contributed by atoms with van der Waals surface area (Å²) < 4.78 is 12.5. The minimum absolute atomic E-state index is 0.361. The molecule has 1 saturated heterocycles. The number of rotatable bonds is 5. The van der Waals surface area contributed by atoms with Crippen molar-refractivity contribution in [3.05, 3.63) is 30.3 Å². The molecule has 1 aliphatic rings. The van der Waals surface area contributed by atoms with Crippen molar-refractivity contribution in [2.45, 2.75) is 38.9 Å². The second-order valence-corrected chi connectivity index (χ2v) is 7.93. The number of likely N-dealkylation sites (N-methyl/N-ethyl adjacent to an activating group) is 1. The van der Waals surface area contributed by atoms with E-state index in [1.54, 1.807) is 0 Å². The first-order valence-corrected chi connectivity index (χ1v) is 8.83. The third-order valence-corrected chi connectivity index (χ3v) is 5.12. The Labute approximate surface area is 150 Å². The van der Waals surface area contributed by atoms with Crippen molar-refractivity contribution in [2.75, 3.05) is 32.5 Å². The van der Waals surface area contributed by atoms with Gasteiger partial charge in [-0.2, -0.15) is 0 Å². The molecule has 0 bridgehead atoms. The van der Waals surface area contributed by atoms with E-state index in [0.29, 0.717) is 0 Å². The minimum Gasteiger partial charge on any atom is -0.399 e. The monoisotopic (exact) mass is 341 g/mol. The fourth-order valence-electron chi connectivity index (χ4n) is 2.87. The van der Waals surface area contributed by atoms with Gasteiger partial charge in [0, 0.05) is 18.5 Å². The zero-order valence-electron chi connectivity index (χ0n) is 16.1. The van der Waals surface area contributed by atoms with E-state index in [4.69, 9.17) is 14.3 Å². The van der Waals surface area contributed by atoms with Crippen LogP contribution in [0.4, 0.5) is 5.82 Å². The van der Waals surface area contributed by atoms with Gasteiger partial charge in [0.1, 0.15) is 5.82 Å². The predicted molar refractivity (Wildman–Crippen MR) is 105 cm³/mol. The van der Waals surface area contributed by atoms with Crippen LogP contribution in [0.15, 0.2) is 30.3 Å². The van der Waals surface area contributed by atoms with Crippen LogP contribution in [-0.2, 0) is 9.31 Å². The van der Waals surface area contributed by atoms with Crippen LogP contribution in [0.2, 0.25) is 0 Å². The van der Waals surface area contributed by atoms with Crippen molar-refractivity contribution in [1.82, 2.24) is 9.88 Å². The highest BCUT2D eigenvalue weighted by molar-refractivity contribution is 6.65. The zero-order chi connectivity index (χ0) is 18.2. The molecule has 0 aliphatic carbocycles. The average Bonchev–Trinajstić information content (AvgIpc) is 2.74. The first-order chi connectivity index (χ1) is 11.7. The van der Waals surface area contributed by atoms with E-state index in [9.17, 15) is 0 Å². The number of pyridine rings is 1. The molecule has 6 heteroatoms. The summed E-state index contributed by atoms with van der Waals surface area (Å²) in [7, 11) is 3.73. The molecule has 0 unspecified atom stereocenters. The zero-order valence-corrected chi connectivity index (χ0v) is 16.1. The summed E-state index contributed by atoms with van der Waals surface area (Å²) in [6, 6.07) is 10.2. The molecule has 0 spiro atoms. The van der Waals surface area contributed by atoms with Crippen molar-refractivity contribution in [3.8, 4) is 0 Å². The van der Waals surface area contributed by atoms with E-state index in [1.165, 1.54) is 0 Å². The van der Waals surface area contributed by atoms with Crippen molar-refractivity contribution in [2.24, 2.45) is 0 Å². The maximum Gasteiger partial charge on any atom is 0.495 e. The molecule has 0 atom stereocenters. The smallest absolute Gasteiger partial charge is 0.399 e. The molecule has 1 fully saturated rings. The van der Waals surface area contributed by atoms with E-state index >= 15 is 0 Å². The molecule has 3 rings (SSSR count). The van der Waals surface area contributed by atoms with Crippen LogP contribution in [-0.4, -0.2) is 55.4 Å². The third kappa shape index (κ3) is 3.66. The summed E-state index contributed by atoms with van der Waals surface area (Å²) in [5.41, 5.74) is 1.25. The Bertz CT molecular complexity index is 745. The number of benzene rings is 1. The quantitative estimate of drug-likeness (QED) is 0.847. The van der Waals surface area contributed by atoms with Crippen LogP contribution in [0.5, 0.6) is 0 Å². The second kappa shape index (κ2) is 6.59. The number of nitrogens with one attached hydrogen (secondary N) is 1. The van der Waals surface area contributed by atoms with Gasteiger partial charge in [-0.3, -0.25) is 0 Å². The fraction of sp³-hybridized carbons (Fsp3) is 0.526. The molecule has 5 nitrogen and oxygen atoms in total. The van der Waals surface area contributed by atoms with Gasteiger partial charge in [0.2, 0.25) is 0 Å².